The number of benzene rings is 2. The summed E-state index contributed by atoms with van der Waals surface area (Å²) in [6.07, 6.45) is 1.03. The highest BCUT2D eigenvalue weighted by Crippen LogP contribution is 2.26. The molecule has 0 bridgehead atoms. The fraction of sp³-hybridized carbons (Fsp3) is 0.304. The maximum atomic E-state index is 12.1. The summed E-state index contributed by atoms with van der Waals surface area (Å²) in [5.74, 6) is 0. The van der Waals surface area contributed by atoms with E-state index in [9.17, 15) is 4.79 Å². The van der Waals surface area contributed by atoms with E-state index < -0.39 is 0 Å². The van der Waals surface area contributed by atoms with Gasteiger partial charge in [0.05, 0.1) is 11.6 Å². The number of rotatable bonds is 3. The molecule has 1 aliphatic heterocycles. The van der Waals surface area contributed by atoms with Gasteiger partial charge in [0, 0.05) is 54.9 Å². The van der Waals surface area contributed by atoms with Crippen molar-refractivity contribution in [2.24, 2.45) is 0 Å². The summed E-state index contributed by atoms with van der Waals surface area (Å²) >= 11 is 6.32. The zero-order valence-electron chi connectivity index (χ0n) is 16.3. The molecule has 1 fully saturated rings. The monoisotopic (exact) mass is 407 g/mol. The van der Waals surface area contributed by atoms with Gasteiger partial charge < -0.3 is 9.32 Å². The zero-order chi connectivity index (χ0) is 20.4. The Balaban J connectivity index is 1.53. The Bertz CT molecular complexity index is 1130. The van der Waals surface area contributed by atoms with Crippen LogP contribution in [0.5, 0.6) is 0 Å². The number of nitriles is 1. The smallest absolute Gasteiger partial charge is 0.336 e. The summed E-state index contributed by atoms with van der Waals surface area (Å²) < 4.78 is 5.38. The van der Waals surface area contributed by atoms with Gasteiger partial charge in [0.25, 0.3) is 0 Å². The lowest BCUT2D eigenvalue weighted by Gasteiger charge is -2.24. The Morgan fingerprint density at radius 2 is 1.90 bits per heavy atom. The van der Waals surface area contributed by atoms with Crippen LogP contribution in [0.15, 0.2) is 51.7 Å². The van der Waals surface area contributed by atoms with Gasteiger partial charge in [-0.15, -0.1) is 0 Å². The number of aryl methyl sites for hydroxylation is 1. The van der Waals surface area contributed by atoms with E-state index in [2.05, 4.69) is 15.9 Å². The van der Waals surface area contributed by atoms with Gasteiger partial charge in [0.1, 0.15) is 5.58 Å². The van der Waals surface area contributed by atoms with Crippen LogP contribution in [0.3, 0.4) is 0 Å². The van der Waals surface area contributed by atoms with Crippen molar-refractivity contribution in [1.82, 2.24) is 4.90 Å². The van der Waals surface area contributed by atoms with Crippen LogP contribution < -0.4 is 10.5 Å². The summed E-state index contributed by atoms with van der Waals surface area (Å²) in [4.78, 5) is 16.8. The number of anilines is 1. The number of fused-ring (bicyclic) bond motifs is 1. The van der Waals surface area contributed by atoms with Crippen molar-refractivity contribution in [2.75, 3.05) is 31.1 Å². The highest BCUT2D eigenvalue weighted by Gasteiger charge is 2.17. The average molecular weight is 408 g/mol. The first-order valence-electron chi connectivity index (χ1n) is 9.74. The van der Waals surface area contributed by atoms with E-state index in [1.165, 1.54) is 0 Å². The minimum Gasteiger partial charge on any atom is -0.423 e. The van der Waals surface area contributed by atoms with Gasteiger partial charge in [-0.2, -0.15) is 5.26 Å². The molecule has 4 rings (SSSR count). The van der Waals surface area contributed by atoms with E-state index in [-0.39, 0.29) is 5.63 Å². The van der Waals surface area contributed by atoms with Crippen molar-refractivity contribution in [3.8, 4) is 6.07 Å². The first-order chi connectivity index (χ1) is 14.0. The predicted octanol–water partition coefficient (Wildman–Crippen LogP) is 4.34. The fourth-order valence-corrected chi connectivity index (χ4v) is 4.02. The van der Waals surface area contributed by atoms with Crippen LogP contribution in [-0.2, 0) is 6.54 Å². The Kier molecular flexibility index (Phi) is 5.57. The molecule has 6 heteroatoms. The molecule has 0 spiro atoms. The van der Waals surface area contributed by atoms with Crippen LogP contribution in [0.1, 0.15) is 23.1 Å². The van der Waals surface area contributed by atoms with Gasteiger partial charge in [0.15, 0.2) is 0 Å². The van der Waals surface area contributed by atoms with Crippen LogP contribution in [0.25, 0.3) is 11.0 Å². The molecule has 2 heterocycles. The van der Waals surface area contributed by atoms with Gasteiger partial charge in [0.2, 0.25) is 0 Å². The van der Waals surface area contributed by atoms with E-state index in [0.29, 0.717) is 22.7 Å². The van der Waals surface area contributed by atoms with Crippen LogP contribution >= 0.6 is 11.6 Å². The van der Waals surface area contributed by atoms with Crippen molar-refractivity contribution < 1.29 is 4.42 Å². The Labute approximate surface area is 174 Å². The van der Waals surface area contributed by atoms with E-state index in [1.54, 1.807) is 6.07 Å². The molecule has 5 nitrogen and oxygen atoms in total. The third-order valence-electron chi connectivity index (χ3n) is 5.45. The molecule has 0 aliphatic carbocycles. The van der Waals surface area contributed by atoms with Crippen molar-refractivity contribution >= 4 is 28.3 Å². The fourth-order valence-electron chi connectivity index (χ4n) is 3.85. The molecule has 1 aromatic heterocycles. The lowest BCUT2D eigenvalue weighted by atomic mass is 10.1. The summed E-state index contributed by atoms with van der Waals surface area (Å²) in [6, 6.07) is 15.2. The highest BCUT2D eigenvalue weighted by molar-refractivity contribution is 6.32. The maximum Gasteiger partial charge on any atom is 0.336 e. The first-order valence-corrected chi connectivity index (χ1v) is 10.1. The molecule has 0 saturated carbocycles. The molecule has 148 valence electrons. The molecule has 0 radical (unpaired) electrons. The topological polar surface area (TPSA) is 60.5 Å². The maximum absolute atomic E-state index is 12.1. The van der Waals surface area contributed by atoms with Gasteiger partial charge in [-0.3, -0.25) is 4.90 Å². The summed E-state index contributed by atoms with van der Waals surface area (Å²) in [7, 11) is 0. The van der Waals surface area contributed by atoms with Crippen molar-refractivity contribution in [3.05, 3.63) is 74.6 Å². The first kappa shape index (κ1) is 19.5. The molecular formula is C23H22ClN3O2. The second-order valence-electron chi connectivity index (χ2n) is 7.46. The third-order valence-corrected chi connectivity index (χ3v) is 5.86. The van der Waals surface area contributed by atoms with Gasteiger partial charge in [-0.1, -0.05) is 11.6 Å². The van der Waals surface area contributed by atoms with Crippen LogP contribution in [0.4, 0.5) is 5.69 Å². The Morgan fingerprint density at radius 1 is 1.10 bits per heavy atom. The summed E-state index contributed by atoms with van der Waals surface area (Å²) in [5, 5.41) is 10.6. The number of nitrogens with zero attached hydrogens (tertiary/aromatic N) is 3. The molecule has 0 N–H and O–H groups in total. The number of halogens is 1. The molecule has 1 saturated heterocycles. The van der Waals surface area contributed by atoms with E-state index >= 15 is 0 Å². The predicted molar refractivity (Wildman–Crippen MR) is 115 cm³/mol. The minimum atomic E-state index is -0.330. The van der Waals surface area contributed by atoms with E-state index in [1.807, 2.05) is 43.3 Å². The van der Waals surface area contributed by atoms with Crippen molar-refractivity contribution in [2.45, 2.75) is 19.9 Å². The van der Waals surface area contributed by atoms with Gasteiger partial charge in [-0.05, 0) is 60.9 Å². The van der Waals surface area contributed by atoms with Crippen molar-refractivity contribution in [1.29, 1.82) is 5.26 Å². The Hall–Kier alpha value is -2.81. The number of hydrogen-bond acceptors (Lipinski definition) is 5. The van der Waals surface area contributed by atoms with Crippen LogP contribution in [0.2, 0.25) is 5.02 Å². The SMILES string of the molecule is Cc1cc2oc(=O)cc(CN3CCCN(c4ccc(C#N)cc4)CC3)c2cc1Cl. The zero-order valence-corrected chi connectivity index (χ0v) is 17.1. The standard InChI is InChI=1S/C23H22ClN3O2/c1-16-11-22-20(13-21(16)24)18(12-23(28)29-22)15-26-7-2-8-27(10-9-26)19-5-3-17(14-25)4-6-19/h3-6,11-13H,2,7-10,15H2,1H3. The number of hydrogen-bond donors (Lipinski definition) is 0. The molecular weight excluding hydrogens is 386 g/mol. The quantitative estimate of drug-likeness (QED) is 0.604. The highest BCUT2D eigenvalue weighted by atomic mass is 35.5. The lowest BCUT2D eigenvalue weighted by molar-refractivity contribution is 0.286. The molecule has 1 aliphatic rings. The van der Waals surface area contributed by atoms with Gasteiger partial charge >= 0.3 is 5.63 Å². The van der Waals surface area contributed by atoms with Gasteiger partial charge in [-0.25, -0.2) is 4.79 Å². The van der Waals surface area contributed by atoms with E-state index in [0.717, 1.165) is 54.8 Å². The summed E-state index contributed by atoms with van der Waals surface area (Å²) in [5.41, 5.74) is 3.91. The Morgan fingerprint density at radius 3 is 2.66 bits per heavy atom. The largest absolute Gasteiger partial charge is 0.423 e. The molecule has 0 unspecified atom stereocenters. The third kappa shape index (κ3) is 4.29. The van der Waals surface area contributed by atoms with Crippen LogP contribution in [-0.4, -0.2) is 31.1 Å². The summed E-state index contributed by atoms with van der Waals surface area (Å²) in [6.45, 7) is 6.29. The average Bonchev–Trinajstić information content (AvgIpc) is 2.95. The van der Waals surface area contributed by atoms with Crippen LogP contribution in [0, 0.1) is 18.3 Å². The second kappa shape index (κ2) is 8.28. The molecule has 0 atom stereocenters. The van der Waals surface area contributed by atoms with Crippen molar-refractivity contribution in [3.63, 3.8) is 0 Å². The molecule has 2 aromatic carbocycles. The minimum absolute atomic E-state index is 0.330. The second-order valence-corrected chi connectivity index (χ2v) is 7.87. The normalized spacial score (nSPS) is 15.3. The molecule has 29 heavy (non-hydrogen) atoms. The molecule has 0 amide bonds. The van der Waals surface area contributed by atoms with E-state index in [4.69, 9.17) is 21.3 Å². The lowest BCUT2D eigenvalue weighted by Crippen LogP contribution is -2.30. The molecule has 3 aromatic rings.